The first-order chi connectivity index (χ1) is 10.3. The van der Waals surface area contributed by atoms with Crippen molar-refractivity contribution in [1.29, 1.82) is 0 Å². The van der Waals surface area contributed by atoms with Gasteiger partial charge in [-0.05, 0) is 63.0 Å². The first-order valence-corrected chi connectivity index (χ1v) is 8.01. The van der Waals surface area contributed by atoms with E-state index in [1.807, 2.05) is 25.2 Å². The molecule has 1 N–H and O–H groups in total. The minimum absolute atomic E-state index is 0.186. The smallest absolute Gasteiger partial charge is 0.254 e. The number of nitrogens with one attached hydrogen (secondary N) is 1. The molecule has 114 valence electrons. The number of ether oxygens (including phenoxy) is 1. The van der Waals surface area contributed by atoms with Crippen LogP contribution in [0.5, 0.6) is 5.75 Å². The highest BCUT2D eigenvalue weighted by atomic mass is 16.5. The van der Waals surface area contributed by atoms with Crippen LogP contribution in [0, 0.1) is 0 Å². The van der Waals surface area contributed by atoms with Crippen LogP contribution in [0.4, 0.5) is 0 Å². The molecule has 1 unspecified atom stereocenters. The second-order valence-electron chi connectivity index (χ2n) is 5.96. The van der Waals surface area contributed by atoms with Gasteiger partial charge < -0.3 is 15.0 Å². The molecule has 0 aliphatic carbocycles. The maximum Gasteiger partial charge on any atom is 0.254 e. The number of likely N-dealkylation sites (tertiary alicyclic amines) is 1. The van der Waals surface area contributed by atoms with Crippen LogP contribution in [-0.2, 0) is 6.42 Å². The Morgan fingerprint density at radius 1 is 1.43 bits per heavy atom. The predicted octanol–water partition coefficient (Wildman–Crippen LogP) is 2.23. The molecule has 4 heteroatoms. The van der Waals surface area contributed by atoms with E-state index in [9.17, 15) is 4.79 Å². The van der Waals surface area contributed by atoms with Gasteiger partial charge in [-0.1, -0.05) is 0 Å². The van der Waals surface area contributed by atoms with Crippen LogP contribution in [0.15, 0.2) is 18.2 Å². The summed E-state index contributed by atoms with van der Waals surface area (Å²) in [6.45, 7) is 2.59. The standard InChI is InChI=1S/C17H24N2O2/c1-18-9-7-15-4-2-3-10-19(15)17(20)14-5-6-16-13(12-14)8-11-21-16/h5-6,12,15,18H,2-4,7-11H2,1H3. The highest BCUT2D eigenvalue weighted by molar-refractivity contribution is 5.95. The minimum Gasteiger partial charge on any atom is -0.493 e. The Kier molecular flexibility index (Phi) is 4.44. The minimum atomic E-state index is 0.186. The van der Waals surface area contributed by atoms with Gasteiger partial charge in [0.25, 0.3) is 5.91 Å². The van der Waals surface area contributed by atoms with Crippen LogP contribution in [0.1, 0.15) is 41.6 Å². The number of carbonyl (C=O) groups is 1. The molecule has 1 atom stereocenters. The van der Waals surface area contributed by atoms with Crippen LogP contribution in [0.3, 0.4) is 0 Å². The van der Waals surface area contributed by atoms with E-state index in [-0.39, 0.29) is 5.91 Å². The van der Waals surface area contributed by atoms with Gasteiger partial charge in [0.15, 0.2) is 0 Å². The number of nitrogens with zero attached hydrogens (tertiary/aromatic N) is 1. The largest absolute Gasteiger partial charge is 0.493 e. The summed E-state index contributed by atoms with van der Waals surface area (Å²) in [5, 5.41) is 3.19. The number of piperidine rings is 1. The van der Waals surface area contributed by atoms with Crippen molar-refractivity contribution >= 4 is 5.91 Å². The van der Waals surface area contributed by atoms with Gasteiger partial charge in [0, 0.05) is 24.6 Å². The van der Waals surface area contributed by atoms with Gasteiger partial charge in [-0.3, -0.25) is 4.79 Å². The van der Waals surface area contributed by atoms with Crippen molar-refractivity contribution in [3.8, 4) is 5.75 Å². The molecule has 0 aromatic heterocycles. The summed E-state index contributed by atoms with van der Waals surface area (Å²) in [6, 6.07) is 6.26. The summed E-state index contributed by atoms with van der Waals surface area (Å²) in [5.41, 5.74) is 1.99. The zero-order chi connectivity index (χ0) is 14.7. The fourth-order valence-corrected chi connectivity index (χ4v) is 3.36. The summed E-state index contributed by atoms with van der Waals surface area (Å²) in [7, 11) is 1.97. The van der Waals surface area contributed by atoms with Crippen LogP contribution >= 0.6 is 0 Å². The van der Waals surface area contributed by atoms with Crippen molar-refractivity contribution in [1.82, 2.24) is 10.2 Å². The van der Waals surface area contributed by atoms with Gasteiger partial charge in [0.2, 0.25) is 0 Å². The Morgan fingerprint density at radius 2 is 2.33 bits per heavy atom. The number of rotatable bonds is 4. The van der Waals surface area contributed by atoms with Crippen molar-refractivity contribution in [3.05, 3.63) is 29.3 Å². The van der Waals surface area contributed by atoms with Crippen LogP contribution in [0.25, 0.3) is 0 Å². The Morgan fingerprint density at radius 3 is 3.19 bits per heavy atom. The topological polar surface area (TPSA) is 41.6 Å². The second-order valence-corrected chi connectivity index (χ2v) is 5.96. The maximum absolute atomic E-state index is 12.8. The zero-order valence-corrected chi connectivity index (χ0v) is 12.7. The first kappa shape index (κ1) is 14.4. The van der Waals surface area contributed by atoms with Crippen molar-refractivity contribution in [2.75, 3.05) is 26.7 Å². The highest BCUT2D eigenvalue weighted by Gasteiger charge is 2.27. The molecular weight excluding hydrogens is 264 g/mol. The highest BCUT2D eigenvalue weighted by Crippen LogP contribution is 2.28. The number of hydrogen-bond acceptors (Lipinski definition) is 3. The third-order valence-electron chi connectivity index (χ3n) is 4.55. The van der Waals surface area contributed by atoms with Crippen molar-refractivity contribution in [2.24, 2.45) is 0 Å². The van der Waals surface area contributed by atoms with Crippen molar-refractivity contribution in [2.45, 2.75) is 38.1 Å². The molecule has 1 aromatic rings. The molecule has 1 aromatic carbocycles. The quantitative estimate of drug-likeness (QED) is 0.923. The molecule has 1 fully saturated rings. The molecule has 1 saturated heterocycles. The normalized spacial score (nSPS) is 21.0. The number of hydrogen-bond donors (Lipinski definition) is 1. The molecule has 0 spiro atoms. The first-order valence-electron chi connectivity index (χ1n) is 8.01. The van der Waals surface area contributed by atoms with E-state index in [0.29, 0.717) is 6.04 Å². The molecule has 0 bridgehead atoms. The van der Waals surface area contributed by atoms with Crippen molar-refractivity contribution < 1.29 is 9.53 Å². The Bertz CT molecular complexity index is 516. The lowest BCUT2D eigenvalue weighted by Crippen LogP contribution is -2.44. The monoisotopic (exact) mass is 288 g/mol. The van der Waals surface area contributed by atoms with Gasteiger partial charge in [0.05, 0.1) is 6.61 Å². The summed E-state index contributed by atoms with van der Waals surface area (Å²) in [6.07, 6.45) is 5.43. The van der Waals surface area contributed by atoms with Crippen LogP contribution < -0.4 is 10.1 Å². The average Bonchev–Trinajstić information content (AvgIpc) is 3.00. The maximum atomic E-state index is 12.8. The van der Waals surface area contributed by atoms with Gasteiger partial charge in [-0.15, -0.1) is 0 Å². The van der Waals surface area contributed by atoms with E-state index in [0.717, 1.165) is 56.7 Å². The van der Waals surface area contributed by atoms with Gasteiger partial charge in [0.1, 0.15) is 5.75 Å². The number of benzene rings is 1. The van der Waals surface area contributed by atoms with Gasteiger partial charge >= 0.3 is 0 Å². The van der Waals surface area contributed by atoms with Gasteiger partial charge in [-0.2, -0.15) is 0 Å². The molecular formula is C17H24N2O2. The van der Waals surface area contributed by atoms with Gasteiger partial charge in [-0.25, -0.2) is 0 Å². The van der Waals surface area contributed by atoms with E-state index >= 15 is 0 Å². The third-order valence-corrected chi connectivity index (χ3v) is 4.55. The summed E-state index contributed by atoms with van der Waals surface area (Å²) in [5.74, 6) is 1.13. The lowest BCUT2D eigenvalue weighted by atomic mass is 9.97. The van der Waals surface area contributed by atoms with E-state index in [2.05, 4.69) is 10.2 Å². The van der Waals surface area contributed by atoms with Crippen LogP contribution in [0.2, 0.25) is 0 Å². The molecule has 3 rings (SSSR count). The lowest BCUT2D eigenvalue weighted by molar-refractivity contribution is 0.0602. The zero-order valence-electron chi connectivity index (χ0n) is 12.7. The Labute approximate surface area is 126 Å². The summed E-state index contributed by atoms with van der Waals surface area (Å²) < 4.78 is 5.52. The SMILES string of the molecule is CNCCC1CCCCN1C(=O)c1ccc2c(c1)CCO2. The summed E-state index contributed by atoms with van der Waals surface area (Å²) in [4.78, 5) is 14.9. The van der Waals surface area contributed by atoms with Crippen LogP contribution in [-0.4, -0.2) is 43.6 Å². The fraction of sp³-hybridized carbons (Fsp3) is 0.588. The molecule has 0 saturated carbocycles. The summed E-state index contributed by atoms with van der Waals surface area (Å²) >= 11 is 0. The fourth-order valence-electron chi connectivity index (χ4n) is 3.36. The predicted molar refractivity (Wildman–Crippen MR) is 82.9 cm³/mol. The molecule has 2 aliphatic heterocycles. The molecule has 2 heterocycles. The molecule has 2 aliphatic rings. The lowest BCUT2D eigenvalue weighted by Gasteiger charge is -2.36. The third kappa shape index (κ3) is 3.05. The number of carbonyl (C=O) groups excluding carboxylic acids is 1. The second kappa shape index (κ2) is 6.48. The van der Waals surface area contributed by atoms with E-state index in [1.54, 1.807) is 0 Å². The average molecular weight is 288 g/mol. The number of amides is 1. The number of fused-ring (bicyclic) bond motifs is 1. The Balaban J connectivity index is 1.76. The molecule has 1 amide bonds. The molecule has 0 radical (unpaired) electrons. The Hall–Kier alpha value is -1.55. The molecule has 21 heavy (non-hydrogen) atoms. The van der Waals surface area contributed by atoms with Crippen molar-refractivity contribution in [3.63, 3.8) is 0 Å². The van der Waals surface area contributed by atoms with E-state index in [4.69, 9.17) is 4.74 Å². The van der Waals surface area contributed by atoms with E-state index < -0.39 is 0 Å². The van der Waals surface area contributed by atoms with E-state index in [1.165, 1.54) is 12.0 Å². The molecule has 4 nitrogen and oxygen atoms in total.